The molecule has 6 fully saturated rings. The van der Waals surface area contributed by atoms with Crippen LogP contribution in [-0.4, -0.2) is 103 Å². The molecule has 0 aromatic carbocycles. The summed E-state index contributed by atoms with van der Waals surface area (Å²) in [5, 5.41) is 4.26. The third-order valence-corrected chi connectivity index (χ3v) is 9.87. The summed E-state index contributed by atoms with van der Waals surface area (Å²) in [6.45, 7) is 9.25. The van der Waals surface area contributed by atoms with Gasteiger partial charge in [-0.05, 0) is 76.4 Å². The Morgan fingerprint density at radius 2 is 1.71 bits per heavy atom. The average molecular weight is 432 g/mol. The van der Waals surface area contributed by atoms with Crippen molar-refractivity contribution in [3.63, 3.8) is 0 Å². The molecular weight excluding hydrogens is 386 g/mol. The van der Waals surface area contributed by atoms with E-state index < -0.39 is 0 Å². The molecule has 31 heavy (non-hydrogen) atoms. The van der Waals surface area contributed by atoms with Crippen LogP contribution in [0.3, 0.4) is 0 Å². The molecule has 6 nitrogen and oxygen atoms in total. The van der Waals surface area contributed by atoms with E-state index in [9.17, 15) is 0 Å². The van der Waals surface area contributed by atoms with Gasteiger partial charge in [0.2, 0.25) is 0 Å². The van der Waals surface area contributed by atoms with Crippen LogP contribution >= 0.6 is 0 Å². The molecule has 0 amide bonds. The second-order valence-corrected chi connectivity index (χ2v) is 11.5. The highest BCUT2D eigenvalue weighted by atomic mass is 16.5. The Labute approximate surface area is 189 Å². The van der Waals surface area contributed by atoms with Gasteiger partial charge >= 0.3 is 0 Å². The number of rotatable bonds is 4. The van der Waals surface area contributed by atoms with Crippen LogP contribution in [-0.2, 0) is 4.74 Å². The zero-order chi connectivity index (χ0) is 20.8. The zero-order valence-electron chi connectivity index (χ0n) is 19.5. The lowest BCUT2D eigenvalue weighted by Gasteiger charge is -2.54. The van der Waals surface area contributed by atoms with Gasteiger partial charge in [-0.1, -0.05) is 12.8 Å². The van der Waals surface area contributed by atoms with Crippen molar-refractivity contribution in [2.45, 2.75) is 94.0 Å². The lowest BCUT2D eigenvalue weighted by molar-refractivity contribution is -0.00163. The first-order valence-corrected chi connectivity index (χ1v) is 13.6. The van der Waals surface area contributed by atoms with Crippen LogP contribution in [0.5, 0.6) is 0 Å². The van der Waals surface area contributed by atoms with Crippen molar-refractivity contribution in [2.24, 2.45) is 17.6 Å². The topological polar surface area (TPSA) is 57.0 Å². The lowest BCUT2D eigenvalue weighted by Crippen LogP contribution is -2.69. The van der Waals surface area contributed by atoms with Gasteiger partial charge in [0.25, 0.3) is 0 Å². The van der Waals surface area contributed by atoms with E-state index in [2.05, 4.69) is 20.0 Å². The summed E-state index contributed by atoms with van der Waals surface area (Å²) in [5.41, 5.74) is 6.49. The maximum Gasteiger partial charge on any atom is 0.0594 e. The highest BCUT2D eigenvalue weighted by Gasteiger charge is 2.59. The zero-order valence-corrected chi connectivity index (χ0v) is 19.5. The Kier molecular flexibility index (Phi) is 6.31. The molecule has 0 bridgehead atoms. The maximum atomic E-state index is 6.49. The molecule has 0 spiro atoms. The summed E-state index contributed by atoms with van der Waals surface area (Å²) in [4.78, 5) is 8.62. The largest absolute Gasteiger partial charge is 0.379 e. The Hall–Kier alpha value is -0.240. The molecule has 2 aliphatic carbocycles. The molecule has 4 heterocycles. The Morgan fingerprint density at radius 1 is 0.839 bits per heavy atom. The molecule has 0 aromatic rings. The van der Waals surface area contributed by atoms with Crippen LogP contribution in [0.25, 0.3) is 0 Å². The van der Waals surface area contributed by atoms with E-state index in [-0.39, 0.29) is 0 Å². The summed E-state index contributed by atoms with van der Waals surface area (Å²) in [6, 6.07) is 4.11. The predicted octanol–water partition coefficient (Wildman–Crippen LogP) is 1.49. The fraction of sp³-hybridized carbons (Fsp3) is 1.00. The fourth-order valence-corrected chi connectivity index (χ4v) is 8.60. The van der Waals surface area contributed by atoms with Crippen molar-refractivity contribution >= 4 is 0 Å². The standard InChI is InChI=1S/C25H45N5O/c26-18-7-8-19-21(17-18)27-23-20-5-1-2-6-22(20)30-12-4-11-29(24(19)25(23)30)10-3-9-28-13-15-31-16-14-28/h18-25,27H,1-17,26H2. The van der Waals surface area contributed by atoms with E-state index in [1.807, 2.05) is 0 Å². The Balaban J connectivity index is 1.23. The molecule has 8 unspecified atom stereocenters. The lowest BCUT2D eigenvalue weighted by atomic mass is 9.69. The van der Waals surface area contributed by atoms with E-state index in [1.54, 1.807) is 0 Å². The van der Waals surface area contributed by atoms with Crippen molar-refractivity contribution in [1.29, 1.82) is 0 Å². The van der Waals surface area contributed by atoms with Gasteiger partial charge in [0.05, 0.1) is 13.2 Å². The molecule has 8 atom stereocenters. The minimum absolute atomic E-state index is 0.408. The maximum absolute atomic E-state index is 6.49. The van der Waals surface area contributed by atoms with E-state index in [0.29, 0.717) is 18.1 Å². The second kappa shape index (κ2) is 9.19. The molecule has 0 aromatic heterocycles. The van der Waals surface area contributed by atoms with Crippen molar-refractivity contribution in [3.05, 3.63) is 0 Å². The van der Waals surface area contributed by atoms with Gasteiger partial charge in [-0.25, -0.2) is 0 Å². The molecule has 6 heteroatoms. The van der Waals surface area contributed by atoms with Crippen LogP contribution in [0.1, 0.15) is 57.8 Å². The van der Waals surface area contributed by atoms with Gasteiger partial charge in [-0.3, -0.25) is 14.7 Å². The van der Waals surface area contributed by atoms with Crippen molar-refractivity contribution in [1.82, 2.24) is 20.0 Å². The minimum Gasteiger partial charge on any atom is -0.379 e. The first-order chi connectivity index (χ1) is 15.3. The summed E-state index contributed by atoms with van der Waals surface area (Å²) in [6.07, 6.45) is 12.2. The SMILES string of the molecule is NC1CCC2C(C1)NC1C3CCCCC3N3CCCN(CCCN4CCOCC4)C2C13. The summed E-state index contributed by atoms with van der Waals surface area (Å²) in [5.74, 6) is 1.68. The monoisotopic (exact) mass is 431 g/mol. The quantitative estimate of drug-likeness (QED) is 0.704. The molecular formula is C25H45N5O. The molecule has 6 aliphatic rings. The third kappa shape index (κ3) is 4.00. The smallest absolute Gasteiger partial charge is 0.0594 e. The Morgan fingerprint density at radius 3 is 2.61 bits per heavy atom. The van der Waals surface area contributed by atoms with Gasteiger partial charge in [0.15, 0.2) is 0 Å². The molecule has 3 N–H and O–H groups in total. The highest BCUT2D eigenvalue weighted by Crippen LogP contribution is 2.48. The third-order valence-electron chi connectivity index (χ3n) is 9.87. The summed E-state index contributed by atoms with van der Waals surface area (Å²) in [7, 11) is 0. The molecule has 2 saturated carbocycles. The van der Waals surface area contributed by atoms with Crippen LogP contribution in [0, 0.1) is 11.8 Å². The van der Waals surface area contributed by atoms with Crippen molar-refractivity contribution < 1.29 is 4.74 Å². The Bertz CT molecular complexity index is 613. The van der Waals surface area contributed by atoms with E-state index in [1.165, 1.54) is 84.0 Å². The normalized spacial score (nSPS) is 46.7. The number of nitrogens with one attached hydrogen (secondary N) is 1. The molecule has 176 valence electrons. The molecule has 4 aliphatic heterocycles. The number of nitrogens with zero attached hydrogens (tertiary/aromatic N) is 3. The first kappa shape index (κ1) is 21.3. The predicted molar refractivity (Wildman–Crippen MR) is 124 cm³/mol. The highest BCUT2D eigenvalue weighted by molar-refractivity contribution is 5.17. The molecule has 4 saturated heterocycles. The first-order valence-electron chi connectivity index (χ1n) is 13.6. The average Bonchev–Trinajstić information content (AvgIpc) is 2.97. The number of hydrogen-bond acceptors (Lipinski definition) is 6. The van der Waals surface area contributed by atoms with Crippen LogP contribution in [0.2, 0.25) is 0 Å². The fourth-order valence-electron chi connectivity index (χ4n) is 8.60. The number of piperidine rings is 1. The number of nitrogens with two attached hydrogens (primary N) is 1. The van der Waals surface area contributed by atoms with E-state index in [4.69, 9.17) is 10.5 Å². The minimum atomic E-state index is 0.408. The summed E-state index contributed by atoms with van der Waals surface area (Å²) >= 11 is 0. The van der Waals surface area contributed by atoms with Gasteiger partial charge in [-0.15, -0.1) is 0 Å². The molecule has 6 rings (SSSR count). The van der Waals surface area contributed by atoms with Gasteiger partial charge in [0, 0.05) is 55.9 Å². The number of morpholine rings is 1. The van der Waals surface area contributed by atoms with Crippen LogP contribution in [0.15, 0.2) is 0 Å². The van der Waals surface area contributed by atoms with Crippen LogP contribution < -0.4 is 11.1 Å². The van der Waals surface area contributed by atoms with Gasteiger partial charge in [0.1, 0.15) is 0 Å². The van der Waals surface area contributed by atoms with Crippen LogP contribution in [0.4, 0.5) is 0 Å². The number of hydrogen-bond donors (Lipinski definition) is 2. The van der Waals surface area contributed by atoms with Gasteiger partial charge in [-0.2, -0.15) is 0 Å². The number of ether oxygens (including phenoxy) is 1. The van der Waals surface area contributed by atoms with Crippen molar-refractivity contribution in [2.75, 3.05) is 52.5 Å². The summed E-state index contributed by atoms with van der Waals surface area (Å²) < 4.78 is 5.55. The van der Waals surface area contributed by atoms with E-state index in [0.717, 1.165) is 56.3 Å². The second-order valence-electron chi connectivity index (χ2n) is 11.5. The van der Waals surface area contributed by atoms with Crippen molar-refractivity contribution in [3.8, 4) is 0 Å². The number of fused-ring (bicyclic) bond motifs is 5. The van der Waals surface area contributed by atoms with E-state index >= 15 is 0 Å². The molecule has 0 radical (unpaired) electrons. The van der Waals surface area contributed by atoms with Gasteiger partial charge < -0.3 is 15.8 Å².